The van der Waals surface area contributed by atoms with Gasteiger partial charge in [-0.15, -0.1) is 0 Å². The number of nitrogens with zero attached hydrogens (tertiary/aromatic N) is 4. The van der Waals surface area contributed by atoms with E-state index in [0.717, 1.165) is 24.2 Å². The van der Waals surface area contributed by atoms with E-state index in [1.165, 1.54) is 0 Å². The number of aromatic nitrogens is 3. The first kappa shape index (κ1) is 17.4. The predicted molar refractivity (Wildman–Crippen MR) is 103 cm³/mol. The maximum absolute atomic E-state index is 12.5. The Morgan fingerprint density at radius 1 is 1.33 bits per heavy atom. The van der Waals surface area contributed by atoms with E-state index in [1.54, 1.807) is 17.3 Å². The second-order valence-electron chi connectivity index (χ2n) is 6.71. The molecule has 1 fully saturated rings. The monoisotopic (exact) mass is 361 g/mol. The molecule has 2 N–H and O–H groups in total. The van der Waals surface area contributed by atoms with Crippen LogP contribution in [0, 0.1) is 0 Å². The van der Waals surface area contributed by atoms with Gasteiger partial charge in [0.25, 0.3) is 0 Å². The molecule has 1 saturated heterocycles. The molecule has 1 aliphatic heterocycles. The van der Waals surface area contributed by atoms with E-state index < -0.39 is 0 Å². The second kappa shape index (κ2) is 7.30. The van der Waals surface area contributed by atoms with E-state index >= 15 is 0 Å². The maximum Gasteiger partial charge on any atom is 0.410 e. The number of amides is 1. The number of imidazole rings is 1. The van der Waals surface area contributed by atoms with E-state index in [0.29, 0.717) is 30.0 Å². The number of nitrogens with two attached hydrogens (primary N) is 1. The Kier molecular flexibility index (Phi) is 4.70. The molecule has 0 saturated carbocycles. The van der Waals surface area contributed by atoms with Gasteiger partial charge in [0.2, 0.25) is 0 Å². The average molecular weight is 361 g/mol. The van der Waals surface area contributed by atoms with Gasteiger partial charge in [-0.3, -0.25) is 4.40 Å². The van der Waals surface area contributed by atoms with Gasteiger partial charge in [0.05, 0.1) is 5.52 Å². The van der Waals surface area contributed by atoms with Gasteiger partial charge < -0.3 is 15.4 Å². The van der Waals surface area contributed by atoms with Crippen molar-refractivity contribution in [1.82, 2.24) is 19.3 Å². The molecule has 1 amide bonds. The molecule has 27 heavy (non-hydrogen) atoms. The van der Waals surface area contributed by atoms with Crippen molar-refractivity contribution in [2.75, 3.05) is 18.8 Å². The molecule has 0 bridgehead atoms. The Labute approximate surface area is 158 Å². The zero-order chi connectivity index (χ0) is 18.8. The topological polar surface area (TPSA) is 85.8 Å². The smallest absolute Gasteiger partial charge is 0.410 e. The summed E-state index contributed by atoms with van der Waals surface area (Å²) in [7, 11) is 6.03. The summed E-state index contributed by atoms with van der Waals surface area (Å²) in [5.41, 5.74) is 7.88. The molecular weight excluding hydrogens is 341 g/mol. The van der Waals surface area contributed by atoms with E-state index in [2.05, 4.69) is 9.97 Å². The quantitative estimate of drug-likeness (QED) is 0.717. The van der Waals surface area contributed by atoms with Crippen LogP contribution in [0.4, 0.5) is 10.6 Å². The number of rotatable bonds is 3. The first-order valence-corrected chi connectivity index (χ1v) is 8.97. The van der Waals surface area contributed by atoms with Gasteiger partial charge in [-0.05, 0) is 18.4 Å². The molecule has 2 radical (unpaired) electrons. The fraction of sp³-hybridized carbons (Fsp3) is 0.316. The molecule has 0 spiro atoms. The van der Waals surface area contributed by atoms with Crippen molar-refractivity contribution in [1.29, 1.82) is 0 Å². The van der Waals surface area contributed by atoms with Crippen molar-refractivity contribution in [3.05, 3.63) is 54.1 Å². The summed E-state index contributed by atoms with van der Waals surface area (Å²) in [6.07, 6.45) is 4.92. The molecule has 7 nitrogen and oxygen atoms in total. The zero-order valence-corrected chi connectivity index (χ0v) is 14.9. The van der Waals surface area contributed by atoms with Crippen LogP contribution in [-0.2, 0) is 11.3 Å². The van der Waals surface area contributed by atoms with Crippen molar-refractivity contribution in [2.45, 2.75) is 25.4 Å². The van der Waals surface area contributed by atoms with E-state index in [1.807, 2.05) is 34.7 Å². The van der Waals surface area contributed by atoms with Crippen LogP contribution in [0.2, 0.25) is 0 Å². The van der Waals surface area contributed by atoms with Crippen molar-refractivity contribution in [2.24, 2.45) is 0 Å². The summed E-state index contributed by atoms with van der Waals surface area (Å²) in [4.78, 5) is 22.8. The molecule has 136 valence electrons. The van der Waals surface area contributed by atoms with Crippen LogP contribution < -0.4 is 11.3 Å². The number of benzene rings is 1. The minimum atomic E-state index is -0.307. The lowest BCUT2D eigenvalue weighted by atomic mass is 9.97. The Hall–Kier alpha value is -3.03. The first-order chi connectivity index (χ1) is 13.1. The Bertz CT molecular complexity index is 959. The maximum atomic E-state index is 12.5. The normalized spacial score (nSPS) is 17.2. The number of hydrogen-bond donors (Lipinski definition) is 1. The van der Waals surface area contributed by atoms with Gasteiger partial charge in [0, 0.05) is 37.0 Å². The third-order valence-corrected chi connectivity index (χ3v) is 4.89. The molecule has 0 aliphatic carbocycles. The molecular formula is C19H20BN5O2. The van der Waals surface area contributed by atoms with Gasteiger partial charge in [-0.2, -0.15) is 0 Å². The van der Waals surface area contributed by atoms with Crippen LogP contribution in [-0.4, -0.2) is 46.3 Å². The summed E-state index contributed by atoms with van der Waals surface area (Å²) >= 11 is 0. The Morgan fingerprint density at radius 2 is 2.15 bits per heavy atom. The van der Waals surface area contributed by atoms with Gasteiger partial charge in [0.15, 0.2) is 0 Å². The molecule has 1 unspecified atom stereocenters. The van der Waals surface area contributed by atoms with Crippen molar-refractivity contribution >= 4 is 30.9 Å². The average Bonchev–Trinajstić information content (AvgIpc) is 3.05. The second-order valence-corrected chi connectivity index (χ2v) is 6.71. The van der Waals surface area contributed by atoms with Gasteiger partial charge in [0.1, 0.15) is 26.1 Å². The van der Waals surface area contributed by atoms with Crippen LogP contribution in [0.3, 0.4) is 0 Å². The van der Waals surface area contributed by atoms with Crippen molar-refractivity contribution in [3.8, 4) is 0 Å². The highest BCUT2D eigenvalue weighted by molar-refractivity contribution is 6.36. The van der Waals surface area contributed by atoms with Crippen LogP contribution in [0.1, 0.15) is 30.1 Å². The summed E-state index contributed by atoms with van der Waals surface area (Å²) in [5, 5.41) is 0. The summed E-state index contributed by atoms with van der Waals surface area (Å²) < 4.78 is 7.34. The number of nitrogen functional groups attached to an aromatic ring is 1. The van der Waals surface area contributed by atoms with Crippen LogP contribution in [0.15, 0.2) is 42.7 Å². The SMILES string of the molecule is [B]c1nc(C2CCCN(C(=O)OCc3ccccc3)C2)n2ccnc(N)c12. The van der Waals surface area contributed by atoms with Gasteiger partial charge in [-0.25, -0.2) is 14.8 Å². The van der Waals surface area contributed by atoms with Crippen LogP contribution in [0.5, 0.6) is 0 Å². The highest BCUT2D eigenvalue weighted by Crippen LogP contribution is 2.27. The number of fused-ring (bicyclic) bond motifs is 1. The molecule has 3 aromatic rings. The fourth-order valence-electron chi connectivity index (χ4n) is 3.57. The molecule has 2 aromatic heterocycles. The van der Waals surface area contributed by atoms with Crippen molar-refractivity contribution < 1.29 is 9.53 Å². The third-order valence-electron chi connectivity index (χ3n) is 4.89. The molecule has 3 heterocycles. The number of ether oxygens (including phenoxy) is 1. The van der Waals surface area contributed by atoms with Gasteiger partial charge >= 0.3 is 6.09 Å². The lowest BCUT2D eigenvalue weighted by Crippen LogP contribution is -2.39. The number of piperidine rings is 1. The van der Waals surface area contributed by atoms with E-state index in [4.69, 9.17) is 18.3 Å². The lowest BCUT2D eigenvalue weighted by molar-refractivity contribution is 0.0853. The summed E-state index contributed by atoms with van der Waals surface area (Å²) in [5.74, 6) is 1.22. The minimum absolute atomic E-state index is 0.0645. The number of anilines is 1. The van der Waals surface area contributed by atoms with E-state index in [9.17, 15) is 4.79 Å². The predicted octanol–water partition coefficient (Wildman–Crippen LogP) is 1.62. The van der Waals surface area contributed by atoms with E-state index in [-0.39, 0.29) is 18.6 Å². The number of carbonyl (C=O) groups excluding carboxylic acids is 1. The minimum Gasteiger partial charge on any atom is -0.445 e. The molecule has 8 heteroatoms. The van der Waals surface area contributed by atoms with Crippen molar-refractivity contribution in [3.63, 3.8) is 0 Å². The Balaban J connectivity index is 1.48. The largest absolute Gasteiger partial charge is 0.445 e. The molecule has 4 rings (SSSR count). The number of hydrogen-bond acceptors (Lipinski definition) is 5. The van der Waals surface area contributed by atoms with Crippen LogP contribution in [0.25, 0.3) is 5.52 Å². The highest BCUT2D eigenvalue weighted by Gasteiger charge is 2.29. The standard InChI is InChI=1S/C19H20BN5O2/c20-16-15-17(21)22-8-10-25(15)18(23-16)14-7-4-9-24(11-14)19(26)27-12-13-5-2-1-3-6-13/h1-3,5-6,8,10,14H,4,7,9,11-12H2,(H2,21,22). The number of likely N-dealkylation sites (tertiary alicyclic amines) is 1. The third kappa shape index (κ3) is 3.47. The molecule has 1 aliphatic rings. The summed E-state index contributed by atoms with van der Waals surface area (Å²) in [6, 6.07) is 9.65. The Morgan fingerprint density at radius 3 is 2.96 bits per heavy atom. The first-order valence-electron chi connectivity index (χ1n) is 8.97. The molecule has 1 atom stereocenters. The van der Waals surface area contributed by atoms with Gasteiger partial charge in [-0.1, -0.05) is 30.3 Å². The fourth-order valence-corrected chi connectivity index (χ4v) is 3.57. The summed E-state index contributed by atoms with van der Waals surface area (Å²) in [6.45, 7) is 1.48. The molecule has 1 aromatic carbocycles. The highest BCUT2D eigenvalue weighted by atomic mass is 16.6. The number of carbonyl (C=O) groups is 1. The lowest BCUT2D eigenvalue weighted by Gasteiger charge is -2.31. The van der Waals surface area contributed by atoms with Crippen LogP contribution >= 0.6 is 0 Å². The zero-order valence-electron chi connectivity index (χ0n) is 14.9.